The summed E-state index contributed by atoms with van der Waals surface area (Å²) in [6.07, 6.45) is 9.31. The average Bonchev–Trinajstić information content (AvgIpc) is 2.76. The van der Waals surface area contributed by atoms with E-state index in [0.29, 0.717) is 31.0 Å². The van der Waals surface area contributed by atoms with Crippen molar-refractivity contribution in [3.63, 3.8) is 0 Å². The molecule has 1 saturated carbocycles. The summed E-state index contributed by atoms with van der Waals surface area (Å²) in [6, 6.07) is 0.522. The number of aliphatic hydroxyl groups is 1. The summed E-state index contributed by atoms with van der Waals surface area (Å²) in [5.41, 5.74) is 0. The Kier molecular flexibility index (Phi) is 6.30. The van der Waals surface area contributed by atoms with Gasteiger partial charge in [-0.2, -0.15) is 0 Å². The van der Waals surface area contributed by atoms with Crippen molar-refractivity contribution in [2.45, 2.75) is 57.4 Å². The van der Waals surface area contributed by atoms with Crippen LogP contribution in [0.2, 0.25) is 0 Å². The molecule has 0 bridgehead atoms. The number of hydrogen-bond donors (Lipinski definition) is 1. The van der Waals surface area contributed by atoms with Crippen LogP contribution in [0.3, 0.4) is 0 Å². The van der Waals surface area contributed by atoms with Crippen molar-refractivity contribution >= 4 is 5.91 Å². The molecule has 0 radical (unpaired) electrons. The summed E-state index contributed by atoms with van der Waals surface area (Å²) in [4.78, 5) is 16.7. The van der Waals surface area contributed by atoms with Crippen LogP contribution in [0.25, 0.3) is 0 Å². The highest BCUT2D eigenvalue weighted by molar-refractivity contribution is 5.78. The van der Waals surface area contributed by atoms with Gasteiger partial charge >= 0.3 is 0 Å². The lowest BCUT2D eigenvalue weighted by atomic mass is 9.86. The van der Waals surface area contributed by atoms with Crippen molar-refractivity contribution in [1.82, 2.24) is 9.80 Å². The molecule has 0 aromatic carbocycles. The first-order valence-corrected chi connectivity index (χ1v) is 8.29. The molecule has 1 aliphatic carbocycles. The molecule has 20 heavy (non-hydrogen) atoms. The zero-order chi connectivity index (χ0) is 14.4. The second-order valence-corrected chi connectivity index (χ2v) is 6.57. The summed E-state index contributed by atoms with van der Waals surface area (Å²) in [5, 5.41) is 9.18. The number of nitrogens with zero attached hydrogens (tertiary/aromatic N) is 2. The number of rotatable bonds is 4. The van der Waals surface area contributed by atoms with Gasteiger partial charge in [-0.25, -0.2) is 0 Å². The van der Waals surface area contributed by atoms with Crippen LogP contribution in [0.1, 0.15) is 51.4 Å². The zero-order valence-corrected chi connectivity index (χ0v) is 12.9. The molecule has 1 amide bonds. The molecule has 116 valence electrons. The van der Waals surface area contributed by atoms with E-state index < -0.39 is 0 Å². The molecule has 2 rings (SSSR count). The third-order valence-corrected chi connectivity index (χ3v) is 5.04. The van der Waals surface area contributed by atoms with E-state index in [0.717, 1.165) is 51.6 Å². The quantitative estimate of drug-likeness (QED) is 0.856. The van der Waals surface area contributed by atoms with Crippen LogP contribution in [0.15, 0.2) is 0 Å². The van der Waals surface area contributed by atoms with Gasteiger partial charge in [-0.05, 0) is 51.5 Å². The fourth-order valence-corrected chi connectivity index (χ4v) is 3.53. The molecule has 0 atom stereocenters. The lowest BCUT2D eigenvalue weighted by Gasteiger charge is -2.34. The highest BCUT2D eigenvalue weighted by Crippen LogP contribution is 2.26. The van der Waals surface area contributed by atoms with Crippen molar-refractivity contribution in [2.75, 3.05) is 33.3 Å². The molecule has 1 N–H and O–H groups in total. The van der Waals surface area contributed by atoms with Crippen LogP contribution in [0, 0.1) is 5.92 Å². The molecular weight excluding hydrogens is 252 g/mol. The topological polar surface area (TPSA) is 43.8 Å². The first-order valence-electron chi connectivity index (χ1n) is 8.29. The van der Waals surface area contributed by atoms with E-state index in [1.807, 2.05) is 0 Å². The molecule has 1 saturated heterocycles. The Morgan fingerprint density at radius 2 is 1.70 bits per heavy atom. The summed E-state index contributed by atoms with van der Waals surface area (Å²) < 4.78 is 0. The van der Waals surface area contributed by atoms with Gasteiger partial charge < -0.3 is 10.0 Å². The van der Waals surface area contributed by atoms with E-state index in [2.05, 4.69) is 16.8 Å². The number of hydrogen-bond acceptors (Lipinski definition) is 3. The van der Waals surface area contributed by atoms with Gasteiger partial charge in [-0.1, -0.05) is 12.8 Å². The number of amides is 1. The molecule has 1 aliphatic heterocycles. The lowest BCUT2D eigenvalue weighted by Crippen LogP contribution is -2.44. The first kappa shape index (κ1) is 15.8. The fraction of sp³-hybridized carbons (Fsp3) is 0.938. The summed E-state index contributed by atoms with van der Waals surface area (Å²) in [7, 11) is 2.08. The van der Waals surface area contributed by atoms with Gasteiger partial charge in [0.1, 0.15) is 0 Å². The SMILES string of the molecule is CN(CC(=O)N1CCCCCC1)C1CCC(CO)CC1. The molecule has 0 aromatic rings. The minimum Gasteiger partial charge on any atom is -0.396 e. The standard InChI is InChI=1S/C16H30N2O2/c1-17(15-8-6-14(13-19)7-9-15)12-16(20)18-10-4-2-3-5-11-18/h14-15,19H,2-13H2,1H3. The Labute approximate surface area is 123 Å². The fourth-order valence-electron chi connectivity index (χ4n) is 3.53. The Hall–Kier alpha value is -0.610. The molecule has 0 aromatic heterocycles. The molecule has 4 heteroatoms. The van der Waals surface area contributed by atoms with Crippen LogP contribution in [0.4, 0.5) is 0 Å². The smallest absolute Gasteiger partial charge is 0.236 e. The van der Waals surface area contributed by atoms with Gasteiger partial charge in [0, 0.05) is 25.7 Å². The molecule has 2 fully saturated rings. The van der Waals surface area contributed by atoms with Crippen molar-refractivity contribution in [2.24, 2.45) is 5.92 Å². The van der Waals surface area contributed by atoms with Crippen LogP contribution in [-0.4, -0.2) is 60.1 Å². The lowest BCUT2D eigenvalue weighted by molar-refractivity contribution is -0.132. The molecule has 2 aliphatic rings. The zero-order valence-electron chi connectivity index (χ0n) is 12.9. The summed E-state index contributed by atoms with van der Waals surface area (Å²) >= 11 is 0. The summed E-state index contributed by atoms with van der Waals surface area (Å²) in [5.74, 6) is 0.791. The van der Waals surface area contributed by atoms with Crippen molar-refractivity contribution < 1.29 is 9.90 Å². The Balaban J connectivity index is 1.75. The minimum absolute atomic E-state index is 0.304. The van der Waals surface area contributed by atoms with Crippen LogP contribution < -0.4 is 0 Å². The second kappa shape index (κ2) is 7.99. The van der Waals surface area contributed by atoms with Gasteiger partial charge in [0.05, 0.1) is 6.54 Å². The molecular formula is C16H30N2O2. The van der Waals surface area contributed by atoms with Crippen LogP contribution >= 0.6 is 0 Å². The van der Waals surface area contributed by atoms with E-state index in [1.165, 1.54) is 12.8 Å². The molecule has 0 spiro atoms. The van der Waals surface area contributed by atoms with E-state index in [-0.39, 0.29) is 0 Å². The maximum atomic E-state index is 12.4. The monoisotopic (exact) mass is 282 g/mol. The van der Waals surface area contributed by atoms with E-state index in [1.54, 1.807) is 0 Å². The van der Waals surface area contributed by atoms with Crippen molar-refractivity contribution in [3.8, 4) is 0 Å². The predicted molar refractivity (Wildman–Crippen MR) is 80.5 cm³/mol. The highest BCUT2D eigenvalue weighted by atomic mass is 16.3. The first-order chi connectivity index (χ1) is 9.70. The largest absolute Gasteiger partial charge is 0.396 e. The molecule has 1 heterocycles. The van der Waals surface area contributed by atoms with Crippen LogP contribution in [0.5, 0.6) is 0 Å². The highest BCUT2D eigenvalue weighted by Gasteiger charge is 2.26. The van der Waals surface area contributed by atoms with E-state index in [4.69, 9.17) is 0 Å². The van der Waals surface area contributed by atoms with Crippen LogP contribution in [-0.2, 0) is 4.79 Å². The average molecular weight is 282 g/mol. The molecule has 0 unspecified atom stereocenters. The van der Waals surface area contributed by atoms with E-state index >= 15 is 0 Å². The maximum absolute atomic E-state index is 12.4. The Bertz CT molecular complexity index is 293. The summed E-state index contributed by atoms with van der Waals surface area (Å²) in [6.45, 7) is 2.78. The van der Waals surface area contributed by atoms with Crippen molar-refractivity contribution in [3.05, 3.63) is 0 Å². The van der Waals surface area contributed by atoms with Gasteiger partial charge in [-0.3, -0.25) is 9.69 Å². The number of carbonyl (C=O) groups excluding carboxylic acids is 1. The van der Waals surface area contributed by atoms with Gasteiger partial charge in [0.2, 0.25) is 5.91 Å². The Morgan fingerprint density at radius 1 is 1.10 bits per heavy atom. The van der Waals surface area contributed by atoms with Gasteiger partial charge in [-0.15, -0.1) is 0 Å². The third-order valence-electron chi connectivity index (χ3n) is 5.04. The number of carbonyl (C=O) groups is 1. The second-order valence-electron chi connectivity index (χ2n) is 6.57. The van der Waals surface area contributed by atoms with Gasteiger partial charge in [0.25, 0.3) is 0 Å². The van der Waals surface area contributed by atoms with E-state index in [9.17, 15) is 9.90 Å². The van der Waals surface area contributed by atoms with Gasteiger partial charge in [0.15, 0.2) is 0 Å². The number of likely N-dealkylation sites (N-methyl/N-ethyl adjacent to an activating group) is 1. The minimum atomic E-state index is 0.304. The predicted octanol–water partition coefficient (Wildman–Crippen LogP) is 1.87. The molecule has 4 nitrogen and oxygen atoms in total. The number of aliphatic hydroxyl groups excluding tert-OH is 1. The normalized spacial score (nSPS) is 28.4. The third kappa shape index (κ3) is 4.45. The maximum Gasteiger partial charge on any atom is 0.236 e. The number of likely N-dealkylation sites (tertiary alicyclic amines) is 1. The Morgan fingerprint density at radius 3 is 2.25 bits per heavy atom. The van der Waals surface area contributed by atoms with Crippen molar-refractivity contribution in [1.29, 1.82) is 0 Å².